The van der Waals surface area contributed by atoms with Crippen LogP contribution in [-0.2, 0) is 14.3 Å². The maximum atomic E-state index is 13.1. The number of nitrogens with one attached hydrogen (secondary N) is 1. The quantitative estimate of drug-likeness (QED) is 0.0261. The Hall–Kier alpha value is -1.33. The smallest absolute Gasteiger partial charge is 0.220 e. The Morgan fingerprint density at radius 1 is 0.447 bits per heavy atom. The Morgan fingerprint density at radius 2 is 0.776 bits per heavy atom. The molecule has 1 aliphatic rings. The number of unbranched alkanes of at least 4 members (excludes halogenated alkanes) is 45. The molecule has 1 heterocycles. The van der Waals surface area contributed by atoms with Crippen molar-refractivity contribution in [3.05, 3.63) is 24.3 Å². The van der Waals surface area contributed by atoms with Crippen LogP contribution in [0.3, 0.4) is 0 Å². The number of carbonyl (C=O) groups excluding carboxylic acids is 1. The van der Waals surface area contributed by atoms with Gasteiger partial charge in [0.15, 0.2) is 6.29 Å². The van der Waals surface area contributed by atoms with E-state index in [1.165, 1.54) is 270 Å². The zero-order valence-electron chi connectivity index (χ0n) is 50.3. The van der Waals surface area contributed by atoms with Gasteiger partial charge in [0.25, 0.3) is 0 Å². The number of rotatable bonds is 59. The molecule has 0 radical (unpaired) electrons. The maximum Gasteiger partial charge on any atom is 0.220 e. The highest BCUT2D eigenvalue weighted by molar-refractivity contribution is 5.76. The van der Waals surface area contributed by atoms with Crippen molar-refractivity contribution in [2.75, 3.05) is 13.2 Å². The molecular weight excluding hydrogens is 947 g/mol. The minimum absolute atomic E-state index is 0.133. The largest absolute Gasteiger partial charge is 0.394 e. The van der Waals surface area contributed by atoms with E-state index < -0.39 is 49.5 Å². The lowest BCUT2D eigenvalue weighted by atomic mass is 9.99. The average Bonchev–Trinajstić information content (AvgIpc) is 3.42. The van der Waals surface area contributed by atoms with E-state index in [1.54, 1.807) is 0 Å². The fourth-order valence-electron chi connectivity index (χ4n) is 11.0. The van der Waals surface area contributed by atoms with Crippen LogP contribution in [0.1, 0.15) is 341 Å². The maximum absolute atomic E-state index is 13.1. The van der Waals surface area contributed by atoms with Crippen LogP contribution in [0.5, 0.6) is 0 Å². The first-order valence-corrected chi connectivity index (χ1v) is 33.5. The zero-order valence-corrected chi connectivity index (χ0v) is 50.3. The van der Waals surface area contributed by atoms with E-state index in [1.807, 2.05) is 0 Å². The lowest BCUT2D eigenvalue weighted by molar-refractivity contribution is -0.302. The molecule has 0 aromatic rings. The Balaban J connectivity index is 1.97. The molecule has 1 rings (SSSR count). The van der Waals surface area contributed by atoms with Gasteiger partial charge in [0, 0.05) is 6.42 Å². The zero-order chi connectivity index (χ0) is 55.0. The highest BCUT2D eigenvalue weighted by atomic mass is 16.7. The summed E-state index contributed by atoms with van der Waals surface area (Å²) in [6.07, 6.45) is 67.0. The van der Waals surface area contributed by atoms with Crippen LogP contribution in [0, 0.1) is 0 Å². The van der Waals surface area contributed by atoms with Crippen molar-refractivity contribution in [3.63, 3.8) is 0 Å². The molecule has 0 aromatic carbocycles. The minimum atomic E-state index is -1.55. The summed E-state index contributed by atoms with van der Waals surface area (Å²) in [6, 6.07) is -0.714. The molecule has 9 nitrogen and oxygen atoms in total. The first-order valence-electron chi connectivity index (χ1n) is 33.5. The summed E-state index contributed by atoms with van der Waals surface area (Å²) >= 11 is 0. The SMILES string of the molecule is CCCCCCC/C=C\C/C=C\CCCCCCCCCCCCCCCCCCCCCCCCCCCCCCCC(=O)NC(COC1OC(CO)C(O)C(O)C1O)C(O)CCCCCCCCCCCCCC. The molecule has 7 unspecified atom stereocenters. The highest BCUT2D eigenvalue weighted by Crippen LogP contribution is 2.24. The van der Waals surface area contributed by atoms with Crippen LogP contribution in [0.15, 0.2) is 24.3 Å². The summed E-state index contributed by atoms with van der Waals surface area (Å²) in [4.78, 5) is 13.1. The van der Waals surface area contributed by atoms with Gasteiger partial charge in [-0.05, 0) is 44.9 Å². The molecule has 7 atom stereocenters. The number of hydrogen-bond donors (Lipinski definition) is 6. The Labute approximate surface area is 470 Å². The molecule has 0 saturated carbocycles. The number of amides is 1. The van der Waals surface area contributed by atoms with Gasteiger partial charge in [-0.1, -0.05) is 314 Å². The van der Waals surface area contributed by atoms with Gasteiger partial charge in [0.2, 0.25) is 5.91 Å². The number of aliphatic hydroxyl groups is 5. The van der Waals surface area contributed by atoms with E-state index >= 15 is 0 Å². The van der Waals surface area contributed by atoms with Crippen molar-refractivity contribution in [2.45, 2.75) is 384 Å². The second-order valence-corrected chi connectivity index (χ2v) is 23.6. The lowest BCUT2D eigenvalue weighted by Gasteiger charge is -2.40. The van der Waals surface area contributed by atoms with Crippen molar-refractivity contribution in [2.24, 2.45) is 0 Å². The minimum Gasteiger partial charge on any atom is -0.394 e. The predicted octanol–water partition coefficient (Wildman–Crippen LogP) is 17.7. The van der Waals surface area contributed by atoms with Crippen molar-refractivity contribution >= 4 is 5.91 Å². The monoisotopic (exact) mass is 1080 g/mol. The van der Waals surface area contributed by atoms with Gasteiger partial charge in [-0.3, -0.25) is 4.79 Å². The molecule has 6 N–H and O–H groups in total. The Morgan fingerprint density at radius 3 is 1.13 bits per heavy atom. The summed E-state index contributed by atoms with van der Waals surface area (Å²) < 4.78 is 11.3. The molecule has 0 aliphatic carbocycles. The van der Waals surface area contributed by atoms with Crippen molar-refractivity contribution in [3.8, 4) is 0 Å². The number of aliphatic hydroxyl groups excluding tert-OH is 5. The van der Waals surface area contributed by atoms with E-state index in [0.29, 0.717) is 12.8 Å². The van der Waals surface area contributed by atoms with Gasteiger partial charge >= 0.3 is 0 Å². The first-order chi connectivity index (χ1) is 37.3. The standard InChI is InChI=1S/C67H129NO8/c1-3-5-7-9-11-13-15-17-18-19-20-21-22-23-24-25-26-27-28-29-30-31-32-33-34-35-36-37-38-39-40-41-42-43-44-45-47-49-51-53-55-57-63(71)68-60(59-75-67-66(74)65(73)64(72)62(58-69)76-67)61(70)56-54-52-50-48-46-16-14-12-10-8-6-4-2/h15,17,19-20,60-62,64-67,69-70,72-74H,3-14,16,18,21-59H2,1-2H3,(H,68,71)/b17-15-,20-19-. The number of allylic oxidation sites excluding steroid dienone is 4. The van der Waals surface area contributed by atoms with E-state index in [4.69, 9.17) is 9.47 Å². The molecule has 0 aromatic heterocycles. The van der Waals surface area contributed by atoms with E-state index in [2.05, 4.69) is 43.5 Å². The van der Waals surface area contributed by atoms with Gasteiger partial charge in [-0.25, -0.2) is 0 Å². The number of carbonyl (C=O) groups is 1. The normalized spacial score (nSPS) is 18.9. The molecule has 450 valence electrons. The second kappa shape index (κ2) is 56.9. The molecule has 0 spiro atoms. The van der Waals surface area contributed by atoms with Gasteiger partial charge in [0.1, 0.15) is 24.4 Å². The van der Waals surface area contributed by atoms with Crippen LogP contribution in [0.25, 0.3) is 0 Å². The van der Waals surface area contributed by atoms with Gasteiger partial charge in [-0.15, -0.1) is 0 Å². The van der Waals surface area contributed by atoms with Crippen molar-refractivity contribution < 1.29 is 39.8 Å². The van der Waals surface area contributed by atoms with Gasteiger partial charge < -0.3 is 40.3 Å². The van der Waals surface area contributed by atoms with Gasteiger partial charge in [-0.2, -0.15) is 0 Å². The Bertz CT molecular complexity index is 1250. The molecular formula is C67H129NO8. The third-order valence-electron chi connectivity index (χ3n) is 16.3. The number of ether oxygens (including phenoxy) is 2. The predicted molar refractivity (Wildman–Crippen MR) is 323 cm³/mol. The van der Waals surface area contributed by atoms with Crippen LogP contribution in [-0.4, -0.2) is 87.5 Å². The summed E-state index contributed by atoms with van der Waals surface area (Å²) in [6.45, 7) is 3.85. The topological polar surface area (TPSA) is 149 Å². The summed E-state index contributed by atoms with van der Waals surface area (Å²) in [5, 5.41) is 54.6. The molecule has 1 fully saturated rings. The molecule has 1 saturated heterocycles. The van der Waals surface area contributed by atoms with Crippen LogP contribution >= 0.6 is 0 Å². The molecule has 9 heteroatoms. The van der Waals surface area contributed by atoms with Crippen molar-refractivity contribution in [1.82, 2.24) is 5.32 Å². The van der Waals surface area contributed by atoms with E-state index in [9.17, 15) is 30.3 Å². The summed E-state index contributed by atoms with van der Waals surface area (Å²) in [5.41, 5.74) is 0. The second-order valence-electron chi connectivity index (χ2n) is 23.6. The fourth-order valence-corrected chi connectivity index (χ4v) is 11.0. The lowest BCUT2D eigenvalue weighted by Crippen LogP contribution is -2.60. The molecule has 1 amide bonds. The molecule has 76 heavy (non-hydrogen) atoms. The number of hydrogen-bond acceptors (Lipinski definition) is 8. The average molecular weight is 1080 g/mol. The first kappa shape index (κ1) is 72.7. The Kier molecular flexibility index (Phi) is 54.4. The molecule has 0 bridgehead atoms. The van der Waals surface area contributed by atoms with Crippen LogP contribution in [0.4, 0.5) is 0 Å². The third-order valence-corrected chi connectivity index (χ3v) is 16.3. The van der Waals surface area contributed by atoms with Crippen LogP contribution in [0.2, 0.25) is 0 Å². The van der Waals surface area contributed by atoms with E-state index in [0.717, 1.165) is 44.9 Å². The summed E-state index contributed by atoms with van der Waals surface area (Å²) in [7, 11) is 0. The van der Waals surface area contributed by atoms with Crippen molar-refractivity contribution in [1.29, 1.82) is 0 Å². The summed E-state index contributed by atoms with van der Waals surface area (Å²) in [5.74, 6) is -0.138. The van der Waals surface area contributed by atoms with E-state index in [-0.39, 0.29) is 12.5 Å². The fraction of sp³-hybridized carbons (Fsp3) is 0.925. The van der Waals surface area contributed by atoms with Gasteiger partial charge in [0.05, 0.1) is 25.4 Å². The highest BCUT2D eigenvalue weighted by Gasteiger charge is 2.44. The third kappa shape index (κ3) is 45.4. The molecule has 1 aliphatic heterocycles. The van der Waals surface area contributed by atoms with Crippen LogP contribution < -0.4 is 5.32 Å².